The van der Waals surface area contributed by atoms with E-state index in [2.05, 4.69) is 173 Å². The summed E-state index contributed by atoms with van der Waals surface area (Å²) in [5.74, 6) is 0. The maximum absolute atomic E-state index is 6.17. The normalized spacial score (nSPS) is 12.3. The van der Waals surface area contributed by atoms with E-state index in [-0.39, 0.29) is 0 Å². The van der Waals surface area contributed by atoms with Gasteiger partial charge in [-0.1, -0.05) is 103 Å². The highest BCUT2D eigenvalue weighted by Crippen LogP contribution is 2.48. The summed E-state index contributed by atoms with van der Waals surface area (Å²) in [6.45, 7) is 0. The van der Waals surface area contributed by atoms with Crippen LogP contribution in [0.4, 0.5) is 0 Å². The van der Waals surface area contributed by atoms with E-state index in [1.54, 1.807) is 0 Å². The molecule has 15 aromatic rings. The Morgan fingerprint density at radius 1 is 0.338 bits per heavy atom. The van der Waals surface area contributed by atoms with Gasteiger partial charge in [-0.3, -0.25) is 4.98 Å². The van der Waals surface area contributed by atoms with Gasteiger partial charge in [0.15, 0.2) is 0 Å². The lowest BCUT2D eigenvalue weighted by Gasteiger charge is -2.11. The van der Waals surface area contributed by atoms with Crippen LogP contribution in [0.2, 0.25) is 0 Å². The summed E-state index contributed by atoms with van der Waals surface area (Å²) in [7, 11) is 0. The molecule has 0 aliphatic rings. The van der Waals surface area contributed by atoms with Gasteiger partial charge in [-0.05, 0) is 113 Å². The Bertz CT molecular complexity index is 4210. The van der Waals surface area contributed by atoms with Gasteiger partial charge in [0.1, 0.15) is 22.3 Å². The fraction of sp³-hybridized carbons (Fsp3) is 0. The smallest absolute Gasteiger partial charge is 0.135 e. The number of fused-ring (bicyclic) bond motifs is 17. The lowest BCUT2D eigenvalue weighted by molar-refractivity contribution is 0.668. The molecular formula is C59H33N3O2S. The van der Waals surface area contributed by atoms with Crippen LogP contribution < -0.4 is 0 Å². The molecule has 0 aliphatic carbocycles. The highest BCUT2D eigenvalue weighted by molar-refractivity contribution is 7.27. The van der Waals surface area contributed by atoms with Crippen molar-refractivity contribution in [3.8, 4) is 33.6 Å². The van der Waals surface area contributed by atoms with Crippen molar-refractivity contribution in [3.63, 3.8) is 0 Å². The van der Waals surface area contributed by atoms with Gasteiger partial charge in [0.05, 0.1) is 27.6 Å². The van der Waals surface area contributed by atoms with Crippen LogP contribution in [-0.2, 0) is 0 Å². The molecule has 15 rings (SSSR count). The molecule has 0 atom stereocenters. The van der Waals surface area contributed by atoms with Crippen LogP contribution in [0.25, 0.3) is 141 Å². The van der Waals surface area contributed by atoms with Gasteiger partial charge in [-0.15, -0.1) is 11.3 Å². The topological polar surface area (TPSA) is 49.0 Å². The van der Waals surface area contributed by atoms with Crippen molar-refractivity contribution in [1.29, 1.82) is 0 Å². The number of hydrogen-bond acceptors (Lipinski definition) is 4. The van der Waals surface area contributed by atoms with Gasteiger partial charge < -0.3 is 18.0 Å². The Balaban J connectivity index is 0.911. The second-order valence-corrected chi connectivity index (χ2v) is 18.1. The van der Waals surface area contributed by atoms with E-state index in [4.69, 9.17) is 13.8 Å². The molecule has 6 heterocycles. The van der Waals surface area contributed by atoms with Crippen LogP contribution in [0.1, 0.15) is 0 Å². The number of rotatable bonds is 4. The number of furan rings is 2. The third kappa shape index (κ3) is 4.94. The molecule has 0 amide bonds. The Labute approximate surface area is 374 Å². The zero-order valence-electron chi connectivity index (χ0n) is 34.6. The SMILES string of the molecule is c1cc(-c2ccc3oc4ccccc4c3c2)cc(-n2c3ccccc3c3c4sc5c(ccc6c5c5ncccc5n6-c5cccc(-c6ccc7oc8ccccc8c7c6)c5)c4ccc32)c1. The summed E-state index contributed by atoms with van der Waals surface area (Å²) in [6.07, 6.45) is 1.93. The van der Waals surface area contributed by atoms with Crippen LogP contribution in [0.3, 0.4) is 0 Å². The van der Waals surface area contributed by atoms with Gasteiger partial charge in [-0.2, -0.15) is 0 Å². The molecule has 5 nitrogen and oxygen atoms in total. The molecule has 0 saturated heterocycles. The molecule has 9 aromatic carbocycles. The predicted octanol–water partition coefficient (Wildman–Crippen LogP) is 16.8. The molecule has 0 N–H and O–H groups in total. The lowest BCUT2D eigenvalue weighted by atomic mass is 10.0. The molecule has 302 valence electrons. The third-order valence-electron chi connectivity index (χ3n) is 13.6. The maximum atomic E-state index is 6.17. The summed E-state index contributed by atoms with van der Waals surface area (Å²) >= 11 is 1.89. The van der Waals surface area contributed by atoms with Crippen LogP contribution in [0, 0.1) is 0 Å². The van der Waals surface area contributed by atoms with Crippen molar-refractivity contribution in [2.24, 2.45) is 0 Å². The minimum atomic E-state index is 0.900. The highest BCUT2D eigenvalue weighted by Gasteiger charge is 2.22. The standard InChI is InChI=1S/C59H33N3O2S/c1-4-17-47-44(16-1)55-48(61(47)38-12-7-10-34(30-38)36-21-27-53-45(32-36)40-14-2-5-19-51(40)63-53)25-23-42-43-24-26-49-56(59(43)65-58(42)55)57-50(18-9-29-60-57)62(49)39-13-8-11-35(31-39)37-22-28-54-46(33-37)41-15-3-6-20-52(41)64-54/h1-33H. The minimum Gasteiger partial charge on any atom is -0.456 e. The predicted molar refractivity (Wildman–Crippen MR) is 271 cm³/mol. The lowest BCUT2D eigenvalue weighted by Crippen LogP contribution is -1.94. The number of nitrogens with zero attached hydrogens (tertiary/aromatic N) is 3. The molecule has 0 unspecified atom stereocenters. The number of pyridine rings is 1. The fourth-order valence-corrected chi connectivity index (χ4v) is 12.1. The summed E-state index contributed by atoms with van der Waals surface area (Å²) in [5, 5.41) is 10.7. The van der Waals surface area contributed by atoms with Crippen LogP contribution in [0.5, 0.6) is 0 Å². The Morgan fingerprint density at radius 3 is 1.49 bits per heavy atom. The van der Waals surface area contributed by atoms with Gasteiger partial charge in [0, 0.05) is 75.4 Å². The van der Waals surface area contributed by atoms with Gasteiger partial charge in [0.2, 0.25) is 0 Å². The van der Waals surface area contributed by atoms with Gasteiger partial charge >= 0.3 is 0 Å². The first kappa shape index (κ1) is 35.1. The number of aromatic nitrogens is 3. The highest BCUT2D eigenvalue weighted by atomic mass is 32.1. The summed E-state index contributed by atoms with van der Waals surface area (Å²) < 4.78 is 19.7. The number of para-hydroxylation sites is 3. The van der Waals surface area contributed by atoms with Gasteiger partial charge in [-0.25, -0.2) is 0 Å². The first-order valence-electron chi connectivity index (χ1n) is 21.9. The van der Waals surface area contributed by atoms with Crippen molar-refractivity contribution < 1.29 is 8.83 Å². The van der Waals surface area contributed by atoms with Crippen molar-refractivity contribution >= 4 is 119 Å². The van der Waals surface area contributed by atoms with E-state index in [0.29, 0.717) is 0 Å². The zero-order valence-corrected chi connectivity index (χ0v) is 35.4. The molecule has 6 heteroatoms. The monoisotopic (exact) mass is 847 g/mol. The zero-order chi connectivity index (χ0) is 42.3. The number of hydrogen-bond donors (Lipinski definition) is 0. The van der Waals surface area contributed by atoms with E-state index < -0.39 is 0 Å². The second-order valence-electron chi connectivity index (χ2n) is 17.1. The summed E-state index contributed by atoms with van der Waals surface area (Å²) in [4.78, 5) is 5.10. The quantitative estimate of drug-likeness (QED) is 0.177. The molecule has 65 heavy (non-hydrogen) atoms. The van der Waals surface area contributed by atoms with E-state index in [1.807, 2.05) is 47.9 Å². The van der Waals surface area contributed by atoms with Crippen LogP contribution >= 0.6 is 11.3 Å². The first-order chi connectivity index (χ1) is 32.2. The summed E-state index contributed by atoms with van der Waals surface area (Å²) in [5.41, 5.74) is 16.1. The van der Waals surface area contributed by atoms with Crippen molar-refractivity contribution in [2.45, 2.75) is 0 Å². The number of thiophene rings is 1. The molecule has 0 aliphatic heterocycles. The van der Waals surface area contributed by atoms with E-state index in [9.17, 15) is 0 Å². The number of benzene rings is 9. The largest absolute Gasteiger partial charge is 0.456 e. The van der Waals surface area contributed by atoms with Crippen molar-refractivity contribution in [2.75, 3.05) is 0 Å². The van der Waals surface area contributed by atoms with Crippen LogP contribution in [0.15, 0.2) is 209 Å². The molecular weight excluding hydrogens is 815 g/mol. The third-order valence-corrected chi connectivity index (χ3v) is 14.8. The van der Waals surface area contributed by atoms with E-state index >= 15 is 0 Å². The van der Waals surface area contributed by atoms with E-state index in [1.165, 1.54) is 47.4 Å². The molecule has 0 radical (unpaired) electrons. The first-order valence-corrected chi connectivity index (χ1v) is 22.7. The van der Waals surface area contributed by atoms with Gasteiger partial charge in [0.25, 0.3) is 0 Å². The summed E-state index contributed by atoms with van der Waals surface area (Å²) in [6, 6.07) is 69.8. The molecule has 0 saturated carbocycles. The Hall–Kier alpha value is -8.45. The maximum Gasteiger partial charge on any atom is 0.135 e. The molecule has 0 fully saturated rings. The van der Waals surface area contributed by atoms with Crippen LogP contribution in [-0.4, -0.2) is 14.1 Å². The van der Waals surface area contributed by atoms with E-state index in [0.717, 1.165) is 94.1 Å². The molecule has 6 aromatic heterocycles. The Morgan fingerprint density at radius 2 is 0.846 bits per heavy atom. The fourth-order valence-electron chi connectivity index (χ4n) is 10.7. The average molecular weight is 848 g/mol. The van der Waals surface area contributed by atoms with Crippen molar-refractivity contribution in [3.05, 3.63) is 200 Å². The minimum absolute atomic E-state index is 0.900. The second kappa shape index (κ2) is 13.0. The molecule has 0 spiro atoms. The average Bonchev–Trinajstić information content (AvgIpc) is 4.18. The Kier molecular flexibility index (Phi) is 7.04. The molecule has 0 bridgehead atoms. The van der Waals surface area contributed by atoms with Crippen molar-refractivity contribution in [1.82, 2.24) is 14.1 Å².